The summed E-state index contributed by atoms with van der Waals surface area (Å²) in [7, 11) is 1.34. The van der Waals surface area contributed by atoms with Gasteiger partial charge in [-0.25, -0.2) is 0 Å². The standard InChI is InChI=1S/C10H16O3/c1-3-4-5-8(11)10(6-7-10)9(12)13-2/h3-7H2,1-2H3. The number of unbranched alkanes of at least 4 members (excludes halogenated alkanes) is 1. The van der Waals surface area contributed by atoms with E-state index in [-0.39, 0.29) is 11.8 Å². The Morgan fingerprint density at radius 1 is 1.38 bits per heavy atom. The van der Waals surface area contributed by atoms with Gasteiger partial charge < -0.3 is 4.74 Å². The summed E-state index contributed by atoms with van der Waals surface area (Å²) in [5.74, 6) is -0.269. The molecule has 1 aliphatic rings. The zero-order valence-electron chi connectivity index (χ0n) is 8.26. The Balaban J connectivity index is 2.50. The Morgan fingerprint density at radius 2 is 2.00 bits per heavy atom. The smallest absolute Gasteiger partial charge is 0.319 e. The first-order valence-electron chi connectivity index (χ1n) is 4.79. The second-order valence-corrected chi connectivity index (χ2v) is 3.60. The SMILES string of the molecule is CCCCC(=O)C1(C(=O)OC)CC1. The van der Waals surface area contributed by atoms with E-state index in [0.29, 0.717) is 19.3 Å². The van der Waals surface area contributed by atoms with Crippen molar-refractivity contribution in [2.45, 2.75) is 39.0 Å². The minimum atomic E-state index is -0.732. The lowest BCUT2D eigenvalue weighted by atomic mass is 9.97. The van der Waals surface area contributed by atoms with Crippen molar-refractivity contribution in [2.75, 3.05) is 7.11 Å². The van der Waals surface area contributed by atoms with Crippen LogP contribution in [0.25, 0.3) is 0 Å². The van der Waals surface area contributed by atoms with Crippen LogP contribution in [0.4, 0.5) is 0 Å². The van der Waals surface area contributed by atoms with Gasteiger partial charge >= 0.3 is 5.97 Å². The molecule has 13 heavy (non-hydrogen) atoms. The van der Waals surface area contributed by atoms with Gasteiger partial charge in [0.05, 0.1) is 7.11 Å². The highest BCUT2D eigenvalue weighted by Crippen LogP contribution is 2.48. The Kier molecular flexibility index (Phi) is 3.07. The summed E-state index contributed by atoms with van der Waals surface area (Å²) >= 11 is 0. The van der Waals surface area contributed by atoms with Gasteiger partial charge in [-0.2, -0.15) is 0 Å². The summed E-state index contributed by atoms with van der Waals surface area (Å²) in [6.45, 7) is 2.03. The molecule has 0 unspecified atom stereocenters. The van der Waals surface area contributed by atoms with Crippen molar-refractivity contribution in [3.05, 3.63) is 0 Å². The molecule has 0 aromatic heterocycles. The fraction of sp³-hybridized carbons (Fsp3) is 0.800. The summed E-state index contributed by atoms with van der Waals surface area (Å²) < 4.78 is 4.62. The monoisotopic (exact) mass is 184 g/mol. The highest BCUT2D eigenvalue weighted by molar-refractivity contribution is 6.06. The topological polar surface area (TPSA) is 43.4 Å². The molecule has 0 aromatic carbocycles. The third kappa shape index (κ3) is 1.90. The lowest BCUT2D eigenvalue weighted by Crippen LogP contribution is -2.26. The molecular formula is C10H16O3. The molecule has 0 radical (unpaired) electrons. The van der Waals surface area contributed by atoms with Crippen LogP contribution >= 0.6 is 0 Å². The number of Topliss-reactive ketones (excluding diaryl/α,β-unsaturated/α-hetero) is 1. The van der Waals surface area contributed by atoms with Crippen LogP contribution in [-0.2, 0) is 14.3 Å². The molecular weight excluding hydrogens is 168 g/mol. The Morgan fingerprint density at radius 3 is 2.38 bits per heavy atom. The molecule has 1 aliphatic carbocycles. The third-order valence-electron chi connectivity index (χ3n) is 2.62. The average Bonchev–Trinajstić information content (AvgIpc) is 2.93. The minimum absolute atomic E-state index is 0.0706. The number of esters is 1. The molecule has 3 heteroatoms. The zero-order chi connectivity index (χ0) is 9.90. The van der Waals surface area contributed by atoms with Gasteiger partial charge in [0.1, 0.15) is 11.2 Å². The summed E-state index contributed by atoms with van der Waals surface area (Å²) in [6, 6.07) is 0. The third-order valence-corrected chi connectivity index (χ3v) is 2.62. The molecule has 0 heterocycles. The van der Waals surface area contributed by atoms with Gasteiger partial charge in [0.25, 0.3) is 0 Å². The molecule has 0 bridgehead atoms. The summed E-state index contributed by atoms with van der Waals surface area (Å²) in [5, 5.41) is 0. The number of hydrogen-bond donors (Lipinski definition) is 0. The van der Waals surface area contributed by atoms with Crippen LogP contribution in [0.5, 0.6) is 0 Å². The number of hydrogen-bond acceptors (Lipinski definition) is 3. The van der Waals surface area contributed by atoms with Crippen molar-refractivity contribution in [1.29, 1.82) is 0 Å². The highest BCUT2D eigenvalue weighted by atomic mass is 16.5. The molecule has 3 nitrogen and oxygen atoms in total. The first-order chi connectivity index (χ1) is 6.17. The lowest BCUT2D eigenvalue weighted by Gasteiger charge is -2.10. The van der Waals surface area contributed by atoms with Gasteiger partial charge in [0.2, 0.25) is 0 Å². The predicted octanol–water partition coefficient (Wildman–Crippen LogP) is 1.70. The minimum Gasteiger partial charge on any atom is -0.468 e. The van der Waals surface area contributed by atoms with Gasteiger partial charge in [-0.3, -0.25) is 9.59 Å². The summed E-state index contributed by atoms with van der Waals surface area (Å²) in [4.78, 5) is 22.8. The molecule has 0 amide bonds. The number of carbonyl (C=O) groups excluding carboxylic acids is 2. The summed E-state index contributed by atoms with van der Waals surface area (Å²) in [6.07, 6.45) is 3.75. The Hall–Kier alpha value is -0.860. The van der Waals surface area contributed by atoms with Gasteiger partial charge in [0, 0.05) is 6.42 Å². The van der Waals surface area contributed by atoms with Crippen LogP contribution in [0.3, 0.4) is 0 Å². The van der Waals surface area contributed by atoms with Crippen molar-refractivity contribution < 1.29 is 14.3 Å². The van der Waals surface area contributed by atoms with Crippen LogP contribution in [0.2, 0.25) is 0 Å². The predicted molar refractivity (Wildman–Crippen MR) is 48.2 cm³/mol. The average molecular weight is 184 g/mol. The van der Waals surface area contributed by atoms with E-state index in [2.05, 4.69) is 4.74 Å². The van der Waals surface area contributed by atoms with Gasteiger partial charge in [-0.1, -0.05) is 13.3 Å². The molecule has 0 aromatic rings. The Labute approximate surface area is 78.5 Å². The fourth-order valence-electron chi connectivity index (χ4n) is 1.49. The second-order valence-electron chi connectivity index (χ2n) is 3.60. The normalized spacial score (nSPS) is 18.0. The first-order valence-corrected chi connectivity index (χ1v) is 4.79. The lowest BCUT2D eigenvalue weighted by molar-refractivity contribution is -0.151. The van der Waals surface area contributed by atoms with E-state index in [9.17, 15) is 9.59 Å². The quantitative estimate of drug-likeness (QED) is 0.482. The largest absolute Gasteiger partial charge is 0.468 e. The van der Waals surface area contributed by atoms with Crippen LogP contribution in [-0.4, -0.2) is 18.9 Å². The van der Waals surface area contributed by atoms with E-state index in [1.54, 1.807) is 0 Å². The van der Waals surface area contributed by atoms with E-state index in [1.807, 2.05) is 6.92 Å². The highest BCUT2D eigenvalue weighted by Gasteiger charge is 2.56. The zero-order valence-corrected chi connectivity index (χ0v) is 8.26. The van der Waals surface area contributed by atoms with Crippen molar-refractivity contribution in [1.82, 2.24) is 0 Å². The maximum absolute atomic E-state index is 11.6. The molecule has 0 aliphatic heterocycles. The number of carbonyl (C=O) groups is 2. The van der Waals surface area contributed by atoms with Crippen molar-refractivity contribution >= 4 is 11.8 Å². The molecule has 0 N–H and O–H groups in total. The van der Waals surface area contributed by atoms with Gasteiger partial charge in [-0.05, 0) is 19.3 Å². The molecule has 1 saturated carbocycles. The maximum atomic E-state index is 11.6. The van der Waals surface area contributed by atoms with E-state index < -0.39 is 5.41 Å². The van der Waals surface area contributed by atoms with E-state index >= 15 is 0 Å². The van der Waals surface area contributed by atoms with Gasteiger partial charge in [0.15, 0.2) is 0 Å². The van der Waals surface area contributed by atoms with Crippen LogP contribution in [0, 0.1) is 5.41 Å². The first kappa shape index (κ1) is 10.2. The molecule has 0 atom stereocenters. The van der Waals surface area contributed by atoms with Crippen molar-refractivity contribution in [2.24, 2.45) is 5.41 Å². The molecule has 0 saturated heterocycles. The number of rotatable bonds is 5. The van der Waals surface area contributed by atoms with Crippen molar-refractivity contribution in [3.8, 4) is 0 Å². The van der Waals surface area contributed by atoms with E-state index in [0.717, 1.165) is 12.8 Å². The van der Waals surface area contributed by atoms with E-state index in [1.165, 1.54) is 7.11 Å². The Bertz CT molecular complexity index is 216. The molecule has 1 rings (SSSR count). The fourth-order valence-corrected chi connectivity index (χ4v) is 1.49. The molecule has 1 fully saturated rings. The molecule has 74 valence electrons. The number of ketones is 1. The summed E-state index contributed by atoms with van der Waals surface area (Å²) in [5.41, 5.74) is -0.732. The van der Waals surface area contributed by atoms with E-state index in [4.69, 9.17) is 0 Å². The molecule has 0 spiro atoms. The maximum Gasteiger partial charge on any atom is 0.319 e. The van der Waals surface area contributed by atoms with Crippen LogP contribution in [0.15, 0.2) is 0 Å². The number of methoxy groups -OCH3 is 1. The van der Waals surface area contributed by atoms with Crippen molar-refractivity contribution in [3.63, 3.8) is 0 Å². The van der Waals surface area contributed by atoms with Crippen LogP contribution < -0.4 is 0 Å². The second kappa shape index (κ2) is 3.90. The number of ether oxygens (including phenoxy) is 1. The van der Waals surface area contributed by atoms with Crippen LogP contribution in [0.1, 0.15) is 39.0 Å². The van der Waals surface area contributed by atoms with Gasteiger partial charge in [-0.15, -0.1) is 0 Å².